The molecule has 0 amide bonds. The van der Waals surface area contributed by atoms with Crippen molar-refractivity contribution < 1.29 is 13.9 Å². The lowest BCUT2D eigenvalue weighted by Gasteiger charge is -2.46. The van der Waals surface area contributed by atoms with Crippen LogP contribution in [-0.4, -0.2) is 5.97 Å². The highest BCUT2D eigenvalue weighted by molar-refractivity contribution is 5.84. The molecule has 0 aromatic carbocycles. The maximum atomic E-state index is 11.8. The van der Waals surface area contributed by atoms with Gasteiger partial charge in [-0.2, -0.15) is 0 Å². The molecule has 2 aliphatic rings. The summed E-state index contributed by atoms with van der Waals surface area (Å²) in [5, 5.41) is 0. The highest BCUT2D eigenvalue weighted by Gasteiger charge is 2.47. The number of hydrogen-bond donors (Lipinski definition) is 0. The van der Waals surface area contributed by atoms with E-state index < -0.39 is 0 Å². The van der Waals surface area contributed by atoms with E-state index in [1.54, 1.807) is 18.6 Å². The second-order valence-electron chi connectivity index (χ2n) is 5.68. The van der Waals surface area contributed by atoms with E-state index >= 15 is 0 Å². The van der Waals surface area contributed by atoms with Crippen molar-refractivity contribution in [3.63, 3.8) is 0 Å². The molecule has 1 fully saturated rings. The van der Waals surface area contributed by atoms with Gasteiger partial charge in [-0.1, -0.05) is 25.8 Å². The Labute approximate surface area is 107 Å². The predicted octanol–water partition coefficient (Wildman–Crippen LogP) is 3.63. The molecule has 1 saturated carbocycles. The first kappa shape index (κ1) is 11.6. The second-order valence-corrected chi connectivity index (χ2v) is 5.68. The molecule has 0 saturated heterocycles. The van der Waals surface area contributed by atoms with Crippen molar-refractivity contribution in [3.05, 3.63) is 35.8 Å². The van der Waals surface area contributed by atoms with E-state index in [4.69, 9.17) is 9.15 Å². The van der Waals surface area contributed by atoms with Crippen LogP contribution in [0.25, 0.3) is 0 Å². The summed E-state index contributed by atoms with van der Waals surface area (Å²) in [7, 11) is 0. The van der Waals surface area contributed by atoms with Crippen molar-refractivity contribution in [2.45, 2.75) is 39.2 Å². The lowest BCUT2D eigenvalue weighted by atomic mass is 9.62. The van der Waals surface area contributed by atoms with E-state index in [9.17, 15) is 4.79 Å². The van der Waals surface area contributed by atoms with Gasteiger partial charge in [0.15, 0.2) is 0 Å². The summed E-state index contributed by atoms with van der Waals surface area (Å²) in [6.45, 7) is 4.41. The van der Waals surface area contributed by atoms with Crippen LogP contribution in [0.15, 0.2) is 34.7 Å². The average molecular weight is 246 g/mol. The molecule has 18 heavy (non-hydrogen) atoms. The molecule has 1 aromatic rings. The molecule has 0 radical (unpaired) electrons. The fraction of sp³-hybridized carbons (Fsp3) is 0.533. The zero-order valence-electron chi connectivity index (χ0n) is 10.8. The Bertz CT molecular complexity index is 486. The van der Waals surface area contributed by atoms with Crippen molar-refractivity contribution in [2.24, 2.45) is 11.3 Å². The van der Waals surface area contributed by atoms with Crippen LogP contribution in [0.5, 0.6) is 0 Å². The maximum Gasteiger partial charge on any atom is 0.331 e. The molecule has 3 rings (SSSR count). The molecule has 2 heterocycles. The Balaban J connectivity index is 2.06. The molecular weight excluding hydrogens is 228 g/mol. The minimum Gasteiger partial charge on any atom is -0.472 e. The van der Waals surface area contributed by atoms with Gasteiger partial charge in [0.25, 0.3) is 0 Å². The number of furan rings is 1. The highest BCUT2D eigenvalue weighted by atomic mass is 16.5. The lowest BCUT2D eigenvalue weighted by Crippen LogP contribution is -2.39. The third-order valence-corrected chi connectivity index (χ3v) is 4.46. The predicted molar refractivity (Wildman–Crippen MR) is 66.7 cm³/mol. The standard InChI is InChI=1S/C15H18O3/c1-10-4-3-6-15(2)12(10)8-13(16)18-14(15)11-5-7-17-9-11/h5,7-10,14H,3-4,6H2,1-2H3/t10-,14-,15-/m1/s1. The van der Waals surface area contributed by atoms with Gasteiger partial charge >= 0.3 is 5.97 Å². The number of carbonyl (C=O) groups is 1. The molecule has 0 N–H and O–H groups in total. The first-order chi connectivity index (χ1) is 8.61. The zero-order valence-corrected chi connectivity index (χ0v) is 10.8. The summed E-state index contributed by atoms with van der Waals surface area (Å²) >= 11 is 0. The van der Waals surface area contributed by atoms with Crippen LogP contribution in [0.1, 0.15) is 44.8 Å². The average Bonchev–Trinajstić information content (AvgIpc) is 2.84. The molecule has 1 aliphatic carbocycles. The van der Waals surface area contributed by atoms with Gasteiger partial charge in [0, 0.05) is 17.1 Å². The Hall–Kier alpha value is -1.51. The van der Waals surface area contributed by atoms with Gasteiger partial charge in [-0.25, -0.2) is 4.79 Å². The van der Waals surface area contributed by atoms with Crippen LogP contribution in [0.4, 0.5) is 0 Å². The van der Waals surface area contributed by atoms with Crippen molar-refractivity contribution in [3.8, 4) is 0 Å². The van der Waals surface area contributed by atoms with E-state index in [1.165, 1.54) is 12.0 Å². The summed E-state index contributed by atoms with van der Waals surface area (Å²) in [6, 6.07) is 1.89. The Kier molecular flexibility index (Phi) is 2.58. The zero-order chi connectivity index (χ0) is 12.8. The number of cyclic esters (lactones) is 1. The van der Waals surface area contributed by atoms with E-state index in [0.29, 0.717) is 5.92 Å². The molecule has 3 atom stereocenters. The fourth-order valence-electron chi connectivity index (χ4n) is 3.50. The minimum absolute atomic E-state index is 0.0740. The van der Waals surface area contributed by atoms with Crippen LogP contribution >= 0.6 is 0 Å². The summed E-state index contributed by atoms with van der Waals surface area (Å²) in [4.78, 5) is 11.8. The van der Waals surface area contributed by atoms with Crippen molar-refractivity contribution in [1.29, 1.82) is 0 Å². The third kappa shape index (κ3) is 1.61. The van der Waals surface area contributed by atoms with E-state index in [0.717, 1.165) is 18.4 Å². The summed E-state index contributed by atoms with van der Waals surface area (Å²) in [5.41, 5.74) is 2.14. The number of carbonyl (C=O) groups excluding carboxylic acids is 1. The van der Waals surface area contributed by atoms with Crippen LogP contribution < -0.4 is 0 Å². The van der Waals surface area contributed by atoms with Gasteiger partial charge in [-0.15, -0.1) is 0 Å². The Morgan fingerprint density at radius 2 is 2.28 bits per heavy atom. The molecule has 0 unspecified atom stereocenters. The Morgan fingerprint density at radius 1 is 1.44 bits per heavy atom. The summed E-state index contributed by atoms with van der Waals surface area (Å²) in [6.07, 6.45) is 8.23. The number of ether oxygens (including phenoxy) is 1. The first-order valence-corrected chi connectivity index (χ1v) is 6.56. The quantitative estimate of drug-likeness (QED) is 0.710. The normalized spacial score (nSPS) is 35.7. The van der Waals surface area contributed by atoms with Gasteiger partial charge in [-0.05, 0) is 24.8 Å². The molecular formula is C15H18O3. The van der Waals surface area contributed by atoms with Crippen molar-refractivity contribution >= 4 is 5.97 Å². The largest absolute Gasteiger partial charge is 0.472 e. The first-order valence-electron chi connectivity index (χ1n) is 6.56. The topological polar surface area (TPSA) is 39.4 Å². The number of rotatable bonds is 1. The van der Waals surface area contributed by atoms with Crippen molar-refractivity contribution in [1.82, 2.24) is 0 Å². The van der Waals surface area contributed by atoms with Crippen LogP contribution in [0, 0.1) is 11.3 Å². The lowest BCUT2D eigenvalue weighted by molar-refractivity contribution is -0.153. The monoisotopic (exact) mass is 246 g/mol. The fourth-order valence-corrected chi connectivity index (χ4v) is 3.50. The van der Waals surface area contributed by atoms with E-state index in [-0.39, 0.29) is 17.5 Å². The van der Waals surface area contributed by atoms with Gasteiger partial charge in [0.2, 0.25) is 0 Å². The van der Waals surface area contributed by atoms with Crippen LogP contribution in [-0.2, 0) is 9.53 Å². The molecule has 3 heteroatoms. The number of hydrogen-bond acceptors (Lipinski definition) is 3. The SMILES string of the molecule is C[C@@H]1CCC[C@]2(C)C1=CC(=O)O[C@@H]2c1ccoc1. The Morgan fingerprint density at radius 3 is 3.00 bits per heavy atom. The van der Waals surface area contributed by atoms with Gasteiger partial charge in [0.05, 0.1) is 12.5 Å². The summed E-state index contributed by atoms with van der Waals surface area (Å²) in [5.74, 6) is 0.244. The molecule has 0 spiro atoms. The van der Waals surface area contributed by atoms with Gasteiger partial charge in [-0.3, -0.25) is 0 Å². The summed E-state index contributed by atoms with van der Waals surface area (Å²) < 4.78 is 10.7. The third-order valence-electron chi connectivity index (χ3n) is 4.46. The van der Waals surface area contributed by atoms with Gasteiger partial charge < -0.3 is 9.15 Å². The van der Waals surface area contributed by atoms with Crippen LogP contribution in [0.3, 0.4) is 0 Å². The van der Waals surface area contributed by atoms with E-state index in [2.05, 4.69) is 13.8 Å². The van der Waals surface area contributed by atoms with Crippen LogP contribution in [0.2, 0.25) is 0 Å². The molecule has 3 nitrogen and oxygen atoms in total. The minimum atomic E-state index is -0.220. The molecule has 1 aliphatic heterocycles. The number of fused-ring (bicyclic) bond motifs is 1. The highest BCUT2D eigenvalue weighted by Crippen LogP contribution is 2.54. The van der Waals surface area contributed by atoms with Gasteiger partial charge in [0.1, 0.15) is 6.10 Å². The molecule has 0 bridgehead atoms. The molecule has 1 aromatic heterocycles. The van der Waals surface area contributed by atoms with E-state index in [1.807, 2.05) is 6.07 Å². The number of esters is 1. The smallest absolute Gasteiger partial charge is 0.331 e. The maximum absolute atomic E-state index is 11.8. The van der Waals surface area contributed by atoms with Crippen molar-refractivity contribution in [2.75, 3.05) is 0 Å². The second kappa shape index (κ2) is 4.01. The molecule has 96 valence electrons.